The van der Waals surface area contributed by atoms with E-state index in [2.05, 4.69) is 4.98 Å². The molecule has 1 aromatic heterocycles. The van der Waals surface area contributed by atoms with Crippen LogP contribution in [0.25, 0.3) is 10.4 Å². The van der Waals surface area contributed by atoms with Crippen LogP contribution in [0, 0.1) is 0 Å². The van der Waals surface area contributed by atoms with Gasteiger partial charge in [-0.2, -0.15) is 4.31 Å². The summed E-state index contributed by atoms with van der Waals surface area (Å²) in [5.41, 5.74) is 3.78. The van der Waals surface area contributed by atoms with Gasteiger partial charge in [0.05, 0.1) is 16.9 Å². The molecule has 1 heterocycles. The first-order chi connectivity index (χ1) is 18.9. The molecule has 0 unspecified atom stereocenters. The molecule has 0 spiro atoms. The predicted molar refractivity (Wildman–Crippen MR) is 158 cm³/mol. The summed E-state index contributed by atoms with van der Waals surface area (Å²) in [5, 5.41) is 0.837. The molecule has 0 atom stereocenters. The van der Waals surface area contributed by atoms with E-state index >= 15 is 0 Å². The maximum atomic E-state index is 13.8. The topological polar surface area (TPSA) is 62.7 Å². The molecule has 39 heavy (non-hydrogen) atoms. The Morgan fingerprint density at radius 3 is 1.87 bits per heavy atom. The molecule has 0 saturated heterocycles. The van der Waals surface area contributed by atoms with Crippen LogP contribution in [-0.2, 0) is 23.1 Å². The summed E-state index contributed by atoms with van der Waals surface area (Å²) in [4.78, 5) is 7.82. The third kappa shape index (κ3) is 6.20. The van der Waals surface area contributed by atoms with Crippen LogP contribution in [0.2, 0.25) is 0 Å². The summed E-state index contributed by atoms with van der Waals surface area (Å²) in [7, 11) is -0.132. The van der Waals surface area contributed by atoms with Crippen LogP contribution in [0.4, 0.5) is 10.8 Å². The number of benzene rings is 4. The number of thiazole rings is 1. The van der Waals surface area contributed by atoms with Crippen molar-refractivity contribution in [3.63, 3.8) is 0 Å². The van der Waals surface area contributed by atoms with E-state index in [9.17, 15) is 8.42 Å². The highest BCUT2D eigenvalue weighted by Gasteiger charge is 2.25. The number of rotatable bonds is 10. The van der Waals surface area contributed by atoms with Crippen molar-refractivity contribution in [2.24, 2.45) is 0 Å². The standard InChI is InChI=1S/C31H29N3O3S2/c1-33(27-15-17-28(37-2)18-16-27)31-32-21-30(38-31)26-13-19-29(20-14-26)39(35,36)34(22-24-9-5-3-6-10-24)23-25-11-7-4-8-12-25/h3-21H,22-23H2,1-2H3. The Morgan fingerprint density at radius 2 is 1.33 bits per heavy atom. The molecule has 0 N–H and O–H groups in total. The summed E-state index contributed by atoms with van der Waals surface area (Å²) >= 11 is 1.55. The second-order valence-corrected chi connectivity index (χ2v) is 12.0. The van der Waals surface area contributed by atoms with Crippen LogP contribution in [0.1, 0.15) is 11.1 Å². The van der Waals surface area contributed by atoms with Crippen LogP contribution in [-0.4, -0.2) is 31.9 Å². The highest BCUT2D eigenvalue weighted by Crippen LogP contribution is 2.35. The van der Waals surface area contributed by atoms with Crippen molar-refractivity contribution in [1.82, 2.24) is 9.29 Å². The maximum Gasteiger partial charge on any atom is 0.243 e. The molecule has 0 fully saturated rings. The molecule has 5 aromatic rings. The molecule has 0 aliphatic rings. The lowest BCUT2D eigenvalue weighted by Crippen LogP contribution is -2.30. The minimum atomic E-state index is -3.74. The van der Waals surface area contributed by atoms with Crippen LogP contribution in [0.5, 0.6) is 5.75 Å². The van der Waals surface area contributed by atoms with Crippen molar-refractivity contribution in [1.29, 1.82) is 0 Å². The number of anilines is 2. The van der Waals surface area contributed by atoms with Gasteiger partial charge in [-0.05, 0) is 53.1 Å². The lowest BCUT2D eigenvalue weighted by Gasteiger charge is -2.23. The summed E-state index contributed by atoms with van der Waals surface area (Å²) in [6.07, 6.45) is 1.82. The molecule has 6 nitrogen and oxygen atoms in total. The van der Waals surface area contributed by atoms with Gasteiger partial charge in [-0.25, -0.2) is 13.4 Å². The number of hydrogen-bond acceptors (Lipinski definition) is 6. The molecule has 8 heteroatoms. The number of sulfonamides is 1. The Balaban J connectivity index is 1.37. The van der Waals surface area contributed by atoms with E-state index in [1.165, 1.54) is 4.31 Å². The van der Waals surface area contributed by atoms with Crippen molar-refractivity contribution < 1.29 is 13.2 Å². The average Bonchev–Trinajstić information content (AvgIpc) is 3.48. The minimum absolute atomic E-state index is 0.262. The highest BCUT2D eigenvalue weighted by atomic mass is 32.2. The zero-order chi connectivity index (χ0) is 27.2. The highest BCUT2D eigenvalue weighted by molar-refractivity contribution is 7.89. The normalized spacial score (nSPS) is 11.5. The van der Waals surface area contributed by atoms with Gasteiger partial charge < -0.3 is 9.64 Å². The fourth-order valence-corrected chi connectivity index (χ4v) is 6.53. The van der Waals surface area contributed by atoms with Gasteiger partial charge in [0.1, 0.15) is 5.75 Å². The molecule has 0 radical (unpaired) electrons. The first-order valence-corrected chi connectivity index (χ1v) is 14.7. The molecular formula is C31H29N3O3S2. The van der Waals surface area contributed by atoms with E-state index < -0.39 is 10.0 Å². The second-order valence-electron chi connectivity index (χ2n) is 9.03. The number of nitrogens with zero attached hydrogens (tertiary/aromatic N) is 3. The van der Waals surface area contributed by atoms with Crippen LogP contribution in [0.15, 0.2) is 120 Å². The molecule has 0 bridgehead atoms. The Kier molecular flexibility index (Phi) is 8.07. The molecule has 0 aliphatic heterocycles. The number of aromatic nitrogens is 1. The Bertz CT molecular complexity index is 1560. The summed E-state index contributed by atoms with van der Waals surface area (Å²) in [6, 6.07) is 34.2. The van der Waals surface area contributed by atoms with Gasteiger partial charge in [-0.15, -0.1) is 0 Å². The van der Waals surface area contributed by atoms with Crippen molar-refractivity contribution in [2.45, 2.75) is 18.0 Å². The lowest BCUT2D eigenvalue weighted by molar-refractivity contribution is 0.401. The molecule has 198 valence electrons. The SMILES string of the molecule is COc1ccc(N(C)c2ncc(-c3ccc(S(=O)(=O)N(Cc4ccccc4)Cc4ccccc4)cc3)s2)cc1. The first kappa shape index (κ1) is 26.6. The van der Waals surface area contributed by atoms with Crippen molar-refractivity contribution in [3.05, 3.63) is 127 Å². The van der Waals surface area contributed by atoms with Crippen molar-refractivity contribution in [3.8, 4) is 16.2 Å². The molecule has 0 amide bonds. The molecule has 5 rings (SSSR count). The fraction of sp³-hybridized carbons (Fsp3) is 0.129. The van der Waals surface area contributed by atoms with Gasteiger partial charge in [0.25, 0.3) is 0 Å². The minimum Gasteiger partial charge on any atom is -0.497 e. The van der Waals surface area contributed by atoms with Gasteiger partial charge >= 0.3 is 0 Å². The molecule has 4 aromatic carbocycles. The van der Waals surface area contributed by atoms with E-state index in [1.807, 2.05) is 115 Å². The lowest BCUT2D eigenvalue weighted by atomic mass is 10.2. The largest absolute Gasteiger partial charge is 0.497 e. The Labute approximate surface area is 233 Å². The second kappa shape index (κ2) is 11.8. The van der Waals surface area contributed by atoms with E-state index in [-0.39, 0.29) is 18.0 Å². The number of ether oxygens (including phenoxy) is 1. The third-order valence-electron chi connectivity index (χ3n) is 6.42. The van der Waals surface area contributed by atoms with E-state index in [4.69, 9.17) is 4.74 Å². The predicted octanol–water partition coefficient (Wildman–Crippen LogP) is 6.98. The molecule has 0 aliphatic carbocycles. The van der Waals surface area contributed by atoms with Crippen molar-refractivity contribution in [2.75, 3.05) is 19.1 Å². The fourth-order valence-electron chi connectivity index (χ4n) is 4.21. The number of methoxy groups -OCH3 is 1. The summed E-state index contributed by atoms with van der Waals surface area (Å²) < 4.78 is 34.3. The molecule has 0 saturated carbocycles. The first-order valence-electron chi connectivity index (χ1n) is 12.5. The summed E-state index contributed by atoms with van der Waals surface area (Å²) in [5.74, 6) is 0.799. The zero-order valence-corrected chi connectivity index (χ0v) is 23.4. The van der Waals surface area contributed by atoms with Gasteiger partial charge in [-0.3, -0.25) is 0 Å². The van der Waals surface area contributed by atoms with E-state index in [0.29, 0.717) is 0 Å². The number of hydrogen-bond donors (Lipinski definition) is 0. The quantitative estimate of drug-likeness (QED) is 0.186. The van der Waals surface area contributed by atoms with E-state index in [1.54, 1.807) is 30.6 Å². The average molecular weight is 556 g/mol. The van der Waals surface area contributed by atoms with Crippen LogP contribution < -0.4 is 9.64 Å². The molecular weight excluding hydrogens is 526 g/mol. The Hall–Kier alpha value is -3.98. The van der Waals surface area contributed by atoms with Gasteiger partial charge in [0.15, 0.2) is 5.13 Å². The smallest absolute Gasteiger partial charge is 0.243 e. The summed E-state index contributed by atoms with van der Waals surface area (Å²) in [6.45, 7) is 0.575. The van der Waals surface area contributed by atoms with Gasteiger partial charge in [-0.1, -0.05) is 84.1 Å². The van der Waals surface area contributed by atoms with E-state index in [0.717, 1.165) is 38.1 Å². The monoisotopic (exact) mass is 555 g/mol. The Morgan fingerprint density at radius 1 is 0.769 bits per heavy atom. The third-order valence-corrected chi connectivity index (χ3v) is 9.35. The maximum absolute atomic E-state index is 13.8. The van der Waals surface area contributed by atoms with Crippen LogP contribution >= 0.6 is 11.3 Å². The van der Waals surface area contributed by atoms with Crippen molar-refractivity contribution >= 4 is 32.2 Å². The van der Waals surface area contributed by atoms with Gasteiger partial charge in [0.2, 0.25) is 10.0 Å². The van der Waals surface area contributed by atoms with Gasteiger partial charge in [0, 0.05) is 32.0 Å². The zero-order valence-electron chi connectivity index (χ0n) is 21.8. The van der Waals surface area contributed by atoms with Crippen LogP contribution in [0.3, 0.4) is 0 Å².